The third kappa shape index (κ3) is 4.54. The molecule has 0 radical (unpaired) electrons. The Morgan fingerprint density at radius 2 is 2.00 bits per heavy atom. The van der Waals surface area contributed by atoms with Gasteiger partial charge in [0, 0.05) is 10.7 Å². The van der Waals surface area contributed by atoms with E-state index in [1.54, 1.807) is 18.2 Å². The predicted octanol–water partition coefficient (Wildman–Crippen LogP) is 2.85. The molecule has 1 N–H and O–H groups in total. The van der Waals surface area contributed by atoms with Crippen LogP contribution >= 0.6 is 11.6 Å². The number of anilines is 1. The third-order valence-corrected chi connectivity index (χ3v) is 3.84. The molecule has 0 bridgehead atoms. The molecule has 1 heterocycles. The first-order valence-corrected chi connectivity index (χ1v) is 7.99. The van der Waals surface area contributed by atoms with Crippen molar-refractivity contribution >= 4 is 23.2 Å². The van der Waals surface area contributed by atoms with Crippen LogP contribution in [-0.2, 0) is 17.9 Å². The molecule has 1 amide bonds. The van der Waals surface area contributed by atoms with Crippen LogP contribution in [0.5, 0.6) is 5.75 Å². The Balaban J connectivity index is 1.55. The third-order valence-electron chi connectivity index (χ3n) is 3.43. The highest BCUT2D eigenvalue weighted by atomic mass is 35.5. The van der Waals surface area contributed by atoms with Crippen molar-refractivity contribution in [3.63, 3.8) is 0 Å². The number of tetrazole rings is 1. The number of amides is 1. The lowest BCUT2D eigenvalue weighted by Crippen LogP contribution is -2.21. The molecule has 7 nitrogen and oxygen atoms in total. The van der Waals surface area contributed by atoms with Gasteiger partial charge in [-0.1, -0.05) is 35.9 Å². The SMILES string of the molecule is Cc1c(Cl)cccc1NC(=O)Cn1nnc(COc2ccccc2)n1. The average molecular weight is 358 g/mol. The number of carbonyl (C=O) groups excluding carboxylic acids is 1. The number of halogens is 1. The van der Waals surface area contributed by atoms with E-state index in [-0.39, 0.29) is 19.1 Å². The van der Waals surface area contributed by atoms with E-state index in [4.69, 9.17) is 16.3 Å². The van der Waals surface area contributed by atoms with Gasteiger partial charge in [0.25, 0.3) is 0 Å². The second-order valence-corrected chi connectivity index (χ2v) is 5.71. The van der Waals surface area contributed by atoms with Gasteiger partial charge in [-0.05, 0) is 42.0 Å². The van der Waals surface area contributed by atoms with E-state index in [0.29, 0.717) is 22.3 Å². The summed E-state index contributed by atoms with van der Waals surface area (Å²) in [4.78, 5) is 13.3. The quantitative estimate of drug-likeness (QED) is 0.733. The van der Waals surface area contributed by atoms with Crippen LogP contribution in [0.15, 0.2) is 48.5 Å². The molecule has 0 saturated heterocycles. The number of nitrogens with one attached hydrogen (secondary N) is 1. The molecule has 0 aliphatic carbocycles. The first-order chi connectivity index (χ1) is 12.1. The number of aromatic nitrogens is 4. The Morgan fingerprint density at radius 3 is 2.80 bits per heavy atom. The van der Waals surface area contributed by atoms with E-state index in [1.807, 2.05) is 37.3 Å². The maximum Gasteiger partial charge on any atom is 0.248 e. The van der Waals surface area contributed by atoms with Crippen molar-refractivity contribution in [1.82, 2.24) is 20.2 Å². The van der Waals surface area contributed by atoms with Crippen LogP contribution in [-0.4, -0.2) is 26.1 Å². The molecule has 2 aromatic carbocycles. The monoisotopic (exact) mass is 357 g/mol. The Hall–Kier alpha value is -2.93. The molecule has 0 fully saturated rings. The summed E-state index contributed by atoms with van der Waals surface area (Å²) in [5, 5.41) is 15.2. The summed E-state index contributed by atoms with van der Waals surface area (Å²) < 4.78 is 5.54. The van der Waals surface area contributed by atoms with Gasteiger partial charge in [0.15, 0.2) is 6.61 Å². The number of hydrogen-bond donors (Lipinski definition) is 1. The van der Waals surface area contributed by atoms with Crippen LogP contribution in [0.25, 0.3) is 0 Å². The molecule has 0 saturated carbocycles. The number of benzene rings is 2. The fourth-order valence-corrected chi connectivity index (χ4v) is 2.30. The van der Waals surface area contributed by atoms with Gasteiger partial charge in [-0.3, -0.25) is 4.79 Å². The molecule has 0 aliphatic heterocycles. The maximum atomic E-state index is 12.1. The Labute approximate surface area is 149 Å². The van der Waals surface area contributed by atoms with E-state index >= 15 is 0 Å². The summed E-state index contributed by atoms with van der Waals surface area (Å²) in [5.74, 6) is 0.849. The summed E-state index contributed by atoms with van der Waals surface area (Å²) >= 11 is 6.04. The summed E-state index contributed by atoms with van der Waals surface area (Å²) in [6.45, 7) is 1.97. The van der Waals surface area contributed by atoms with Gasteiger partial charge in [-0.25, -0.2) is 0 Å². The lowest BCUT2D eigenvalue weighted by molar-refractivity contribution is -0.117. The van der Waals surface area contributed by atoms with Crippen LogP contribution in [0.2, 0.25) is 5.02 Å². The highest BCUT2D eigenvalue weighted by molar-refractivity contribution is 6.31. The van der Waals surface area contributed by atoms with Gasteiger partial charge in [0.2, 0.25) is 11.7 Å². The fourth-order valence-electron chi connectivity index (χ4n) is 2.13. The van der Waals surface area contributed by atoms with Crippen molar-refractivity contribution in [3.05, 3.63) is 64.9 Å². The van der Waals surface area contributed by atoms with Crippen LogP contribution in [0.3, 0.4) is 0 Å². The van der Waals surface area contributed by atoms with Gasteiger partial charge in [-0.15, -0.1) is 10.2 Å². The maximum absolute atomic E-state index is 12.1. The van der Waals surface area contributed by atoms with Crippen molar-refractivity contribution in [3.8, 4) is 5.75 Å². The zero-order valence-corrected chi connectivity index (χ0v) is 14.3. The highest BCUT2D eigenvalue weighted by Crippen LogP contribution is 2.22. The smallest absolute Gasteiger partial charge is 0.248 e. The van der Waals surface area contributed by atoms with Crippen molar-refractivity contribution in [1.29, 1.82) is 0 Å². The zero-order valence-electron chi connectivity index (χ0n) is 13.5. The topological polar surface area (TPSA) is 81.9 Å². The van der Waals surface area contributed by atoms with Gasteiger partial charge in [0.05, 0.1) is 0 Å². The number of nitrogens with zero attached hydrogens (tertiary/aromatic N) is 4. The molecule has 0 atom stereocenters. The lowest BCUT2D eigenvalue weighted by atomic mass is 10.2. The molecule has 0 spiro atoms. The second kappa shape index (κ2) is 7.76. The lowest BCUT2D eigenvalue weighted by Gasteiger charge is -2.08. The molecule has 3 rings (SSSR count). The molecular formula is C17H16ClN5O2. The number of hydrogen-bond acceptors (Lipinski definition) is 5. The number of carbonyl (C=O) groups is 1. The minimum absolute atomic E-state index is 0.0513. The fraction of sp³-hybridized carbons (Fsp3) is 0.176. The first-order valence-electron chi connectivity index (χ1n) is 7.61. The van der Waals surface area contributed by atoms with E-state index in [0.717, 1.165) is 5.56 Å². The molecular weight excluding hydrogens is 342 g/mol. The molecule has 0 aliphatic rings. The van der Waals surface area contributed by atoms with Crippen LogP contribution in [0, 0.1) is 6.92 Å². The molecule has 1 aromatic heterocycles. The average Bonchev–Trinajstić information content (AvgIpc) is 3.05. The number of para-hydroxylation sites is 1. The van der Waals surface area contributed by atoms with Gasteiger partial charge in [0.1, 0.15) is 12.3 Å². The number of ether oxygens (including phenoxy) is 1. The molecule has 0 unspecified atom stereocenters. The molecule has 8 heteroatoms. The Morgan fingerprint density at radius 1 is 1.20 bits per heavy atom. The van der Waals surface area contributed by atoms with Crippen molar-refractivity contribution in [2.75, 3.05) is 5.32 Å². The Bertz CT molecular complexity index is 866. The van der Waals surface area contributed by atoms with Gasteiger partial charge in [-0.2, -0.15) is 4.80 Å². The summed E-state index contributed by atoms with van der Waals surface area (Å²) in [5.41, 5.74) is 1.46. The van der Waals surface area contributed by atoms with E-state index in [2.05, 4.69) is 20.7 Å². The highest BCUT2D eigenvalue weighted by Gasteiger charge is 2.10. The Kier molecular flexibility index (Phi) is 5.25. The number of rotatable bonds is 6. The minimum atomic E-state index is -0.265. The van der Waals surface area contributed by atoms with Crippen LogP contribution in [0.4, 0.5) is 5.69 Å². The zero-order chi connectivity index (χ0) is 17.6. The van der Waals surface area contributed by atoms with Crippen molar-refractivity contribution in [2.24, 2.45) is 0 Å². The largest absolute Gasteiger partial charge is 0.485 e. The predicted molar refractivity (Wildman–Crippen MR) is 93.4 cm³/mol. The van der Waals surface area contributed by atoms with Crippen LogP contribution in [0.1, 0.15) is 11.4 Å². The van der Waals surface area contributed by atoms with E-state index < -0.39 is 0 Å². The summed E-state index contributed by atoms with van der Waals surface area (Å²) in [6.07, 6.45) is 0. The molecule has 25 heavy (non-hydrogen) atoms. The van der Waals surface area contributed by atoms with E-state index in [1.165, 1.54) is 4.80 Å². The van der Waals surface area contributed by atoms with Crippen molar-refractivity contribution in [2.45, 2.75) is 20.1 Å². The molecule has 128 valence electrons. The minimum Gasteiger partial charge on any atom is -0.485 e. The van der Waals surface area contributed by atoms with Crippen LogP contribution < -0.4 is 10.1 Å². The van der Waals surface area contributed by atoms with Gasteiger partial charge < -0.3 is 10.1 Å². The molecule has 3 aromatic rings. The second-order valence-electron chi connectivity index (χ2n) is 5.30. The van der Waals surface area contributed by atoms with Crippen molar-refractivity contribution < 1.29 is 9.53 Å². The summed E-state index contributed by atoms with van der Waals surface area (Å²) in [6, 6.07) is 14.7. The van der Waals surface area contributed by atoms with Gasteiger partial charge >= 0.3 is 0 Å². The van der Waals surface area contributed by atoms with E-state index in [9.17, 15) is 4.79 Å². The first kappa shape index (κ1) is 16.9. The summed E-state index contributed by atoms with van der Waals surface area (Å²) in [7, 11) is 0. The standard InChI is InChI=1S/C17H16ClN5O2/c1-12-14(18)8-5-9-15(12)19-17(24)10-23-21-16(20-22-23)11-25-13-6-3-2-4-7-13/h2-9H,10-11H2,1H3,(H,19,24). The normalized spacial score (nSPS) is 10.5.